The molecule has 0 saturated heterocycles. The summed E-state index contributed by atoms with van der Waals surface area (Å²) in [4.78, 5) is 21.3. The molecule has 1 aromatic carbocycles. The van der Waals surface area contributed by atoms with Gasteiger partial charge in [0.15, 0.2) is 0 Å². The Labute approximate surface area is 96.9 Å². The summed E-state index contributed by atoms with van der Waals surface area (Å²) in [5.74, 6) is -1.08. The van der Waals surface area contributed by atoms with Crippen molar-refractivity contribution in [1.82, 2.24) is 5.43 Å². The molecule has 1 aromatic rings. The minimum absolute atomic E-state index is 0.0689. The highest BCUT2D eigenvalue weighted by molar-refractivity contribution is 5.97. The second kappa shape index (κ2) is 5.06. The summed E-state index contributed by atoms with van der Waals surface area (Å²) in [6.45, 7) is 3.38. The van der Waals surface area contributed by atoms with E-state index in [2.05, 4.69) is 10.5 Å². The van der Waals surface area contributed by atoms with Gasteiger partial charge < -0.3 is 5.11 Å². The van der Waals surface area contributed by atoms with Crippen LogP contribution >= 0.6 is 0 Å². The zero-order valence-electron chi connectivity index (χ0n) is 9.30. The highest BCUT2D eigenvalue weighted by Gasteiger charge is 2.15. The van der Waals surface area contributed by atoms with Crippen molar-refractivity contribution in [2.24, 2.45) is 5.10 Å². The van der Waals surface area contributed by atoms with Crippen molar-refractivity contribution in [3.05, 3.63) is 33.9 Å². The van der Waals surface area contributed by atoms with Crippen LogP contribution in [0.25, 0.3) is 0 Å². The summed E-state index contributed by atoms with van der Waals surface area (Å²) in [6, 6.07) is 3.22. The number of rotatable bonds is 3. The van der Waals surface area contributed by atoms with Gasteiger partial charge in [0, 0.05) is 11.8 Å². The Morgan fingerprint density at radius 2 is 2.12 bits per heavy atom. The number of amides is 1. The fourth-order valence-corrected chi connectivity index (χ4v) is 1.05. The molecule has 0 atom stereocenters. The first-order valence-electron chi connectivity index (χ1n) is 4.70. The predicted molar refractivity (Wildman–Crippen MR) is 61.0 cm³/mol. The van der Waals surface area contributed by atoms with Gasteiger partial charge in [0.25, 0.3) is 11.6 Å². The van der Waals surface area contributed by atoms with E-state index < -0.39 is 16.6 Å². The molecular formula is C10H11N3O4. The molecule has 0 fully saturated rings. The lowest BCUT2D eigenvalue weighted by molar-refractivity contribution is -0.384. The Hall–Kier alpha value is -2.44. The molecule has 0 bridgehead atoms. The van der Waals surface area contributed by atoms with E-state index in [0.29, 0.717) is 5.71 Å². The number of nitrogens with zero attached hydrogens (tertiary/aromatic N) is 2. The first-order chi connectivity index (χ1) is 7.91. The summed E-state index contributed by atoms with van der Waals surface area (Å²) in [5, 5.41) is 23.6. The zero-order chi connectivity index (χ0) is 13.0. The van der Waals surface area contributed by atoms with E-state index in [1.807, 2.05) is 0 Å². The second-order valence-corrected chi connectivity index (χ2v) is 3.46. The number of aromatic hydroxyl groups is 1. The average molecular weight is 237 g/mol. The maximum absolute atomic E-state index is 11.5. The summed E-state index contributed by atoms with van der Waals surface area (Å²) < 4.78 is 0. The number of nitro benzene ring substituents is 1. The fourth-order valence-electron chi connectivity index (χ4n) is 1.05. The lowest BCUT2D eigenvalue weighted by Crippen LogP contribution is -2.18. The standard InChI is InChI=1S/C10H11N3O4/c1-6(2)11-12-10(15)8-4-3-7(13(16)17)5-9(8)14/h3-5,14H,1-2H3,(H,12,15). The normalized spacial score (nSPS) is 9.53. The highest BCUT2D eigenvalue weighted by Crippen LogP contribution is 2.23. The third kappa shape index (κ3) is 3.26. The number of hydrazone groups is 1. The Morgan fingerprint density at radius 1 is 1.47 bits per heavy atom. The maximum atomic E-state index is 11.5. The third-order valence-electron chi connectivity index (χ3n) is 1.82. The quantitative estimate of drug-likeness (QED) is 0.471. The molecule has 0 aliphatic heterocycles. The summed E-state index contributed by atoms with van der Waals surface area (Å²) >= 11 is 0. The van der Waals surface area contributed by atoms with Crippen molar-refractivity contribution in [3.8, 4) is 5.75 Å². The van der Waals surface area contributed by atoms with Crippen LogP contribution in [0.1, 0.15) is 24.2 Å². The number of phenolic OH excluding ortho intramolecular Hbond substituents is 1. The predicted octanol–water partition coefficient (Wildman–Crippen LogP) is 1.43. The van der Waals surface area contributed by atoms with E-state index in [9.17, 15) is 20.0 Å². The first-order valence-corrected chi connectivity index (χ1v) is 4.70. The van der Waals surface area contributed by atoms with Crippen LogP contribution < -0.4 is 5.43 Å². The molecule has 0 aromatic heterocycles. The second-order valence-electron chi connectivity index (χ2n) is 3.46. The SMILES string of the molecule is CC(C)=NNC(=O)c1ccc([N+](=O)[O-])cc1O. The number of hydrogen-bond donors (Lipinski definition) is 2. The molecule has 0 aliphatic rings. The minimum Gasteiger partial charge on any atom is -0.507 e. The van der Waals surface area contributed by atoms with Gasteiger partial charge in [-0.25, -0.2) is 5.43 Å². The molecule has 1 rings (SSSR count). The van der Waals surface area contributed by atoms with Gasteiger partial charge in [0.2, 0.25) is 0 Å². The molecule has 0 aliphatic carbocycles. The topological polar surface area (TPSA) is 105 Å². The van der Waals surface area contributed by atoms with Gasteiger partial charge in [-0.1, -0.05) is 0 Å². The van der Waals surface area contributed by atoms with Crippen molar-refractivity contribution in [1.29, 1.82) is 0 Å². The number of carbonyl (C=O) groups is 1. The molecule has 7 nitrogen and oxygen atoms in total. The number of benzene rings is 1. The summed E-state index contributed by atoms with van der Waals surface area (Å²) in [7, 11) is 0. The van der Waals surface area contributed by atoms with E-state index in [1.54, 1.807) is 13.8 Å². The molecule has 1 amide bonds. The van der Waals surface area contributed by atoms with Crippen molar-refractivity contribution in [3.63, 3.8) is 0 Å². The van der Waals surface area contributed by atoms with Crippen molar-refractivity contribution >= 4 is 17.3 Å². The van der Waals surface area contributed by atoms with Gasteiger partial charge in [-0.05, 0) is 19.9 Å². The van der Waals surface area contributed by atoms with E-state index in [0.717, 1.165) is 12.1 Å². The molecule has 0 spiro atoms. The average Bonchev–Trinajstić information content (AvgIpc) is 2.25. The smallest absolute Gasteiger partial charge is 0.275 e. The Kier molecular flexibility index (Phi) is 3.76. The van der Waals surface area contributed by atoms with Crippen LogP contribution in [0.15, 0.2) is 23.3 Å². The molecule has 0 saturated carbocycles. The molecular weight excluding hydrogens is 226 g/mol. The van der Waals surface area contributed by atoms with Gasteiger partial charge in [-0.2, -0.15) is 5.10 Å². The van der Waals surface area contributed by atoms with Crippen LogP contribution in [0.5, 0.6) is 5.75 Å². The lowest BCUT2D eigenvalue weighted by Gasteiger charge is -2.02. The minimum atomic E-state index is -0.657. The number of nitrogens with one attached hydrogen (secondary N) is 1. The Bertz CT molecular complexity index is 492. The fraction of sp³-hybridized carbons (Fsp3) is 0.200. The maximum Gasteiger partial charge on any atom is 0.275 e. The molecule has 0 unspecified atom stereocenters. The Morgan fingerprint density at radius 3 is 2.59 bits per heavy atom. The van der Waals surface area contributed by atoms with Crippen LogP contribution in [-0.4, -0.2) is 21.6 Å². The van der Waals surface area contributed by atoms with Crippen LogP contribution in [0.4, 0.5) is 5.69 Å². The number of nitro groups is 1. The number of hydrogen-bond acceptors (Lipinski definition) is 5. The van der Waals surface area contributed by atoms with Crippen LogP contribution in [0, 0.1) is 10.1 Å². The molecule has 0 radical (unpaired) electrons. The van der Waals surface area contributed by atoms with Gasteiger partial charge >= 0.3 is 0 Å². The van der Waals surface area contributed by atoms with Crippen molar-refractivity contribution < 1.29 is 14.8 Å². The van der Waals surface area contributed by atoms with Gasteiger partial charge in [0.05, 0.1) is 16.6 Å². The van der Waals surface area contributed by atoms with Gasteiger partial charge in [0.1, 0.15) is 5.75 Å². The van der Waals surface area contributed by atoms with Crippen LogP contribution in [0.3, 0.4) is 0 Å². The summed E-state index contributed by atoms with van der Waals surface area (Å²) in [5.41, 5.74) is 2.49. The van der Waals surface area contributed by atoms with Crippen LogP contribution in [-0.2, 0) is 0 Å². The zero-order valence-corrected chi connectivity index (χ0v) is 9.30. The number of phenols is 1. The monoisotopic (exact) mass is 237 g/mol. The van der Waals surface area contributed by atoms with E-state index in [1.165, 1.54) is 6.07 Å². The Balaban J connectivity index is 2.96. The molecule has 0 heterocycles. The highest BCUT2D eigenvalue weighted by atomic mass is 16.6. The van der Waals surface area contributed by atoms with Crippen molar-refractivity contribution in [2.45, 2.75) is 13.8 Å². The van der Waals surface area contributed by atoms with Crippen molar-refractivity contribution in [2.75, 3.05) is 0 Å². The van der Waals surface area contributed by atoms with Crippen LogP contribution in [0.2, 0.25) is 0 Å². The van der Waals surface area contributed by atoms with Gasteiger partial charge in [-0.3, -0.25) is 14.9 Å². The number of carbonyl (C=O) groups excluding carboxylic acids is 1. The van der Waals surface area contributed by atoms with E-state index in [-0.39, 0.29) is 11.3 Å². The number of non-ortho nitro benzene ring substituents is 1. The first kappa shape index (κ1) is 12.6. The molecule has 2 N–H and O–H groups in total. The molecule has 90 valence electrons. The largest absolute Gasteiger partial charge is 0.507 e. The summed E-state index contributed by atoms with van der Waals surface area (Å²) in [6.07, 6.45) is 0. The molecule has 7 heteroatoms. The molecule has 17 heavy (non-hydrogen) atoms. The van der Waals surface area contributed by atoms with E-state index in [4.69, 9.17) is 0 Å². The lowest BCUT2D eigenvalue weighted by atomic mass is 10.2. The third-order valence-corrected chi connectivity index (χ3v) is 1.82. The van der Waals surface area contributed by atoms with Gasteiger partial charge in [-0.15, -0.1) is 0 Å². The van der Waals surface area contributed by atoms with E-state index >= 15 is 0 Å².